The number of hydrogen-bond acceptors (Lipinski definition) is 5. The maximum absolute atomic E-state index is 11.8. The van der Waals surface area contributed by atoms with E-state index in [0.29, 0.717) is 10.4 Å². The van der Waals surface area contributed by atoms with E-state index in [-0.39, 0.29) is 10.4 Å². The van der Waals surface area contributed by atoms with E-state index in [0.717, 1.165) is 4.70 Å². The van der Waals surface area contributed by atoms with Gasteiger partial charge in [-0.05, 0) is 18.2 Å². The number of benzene rings is 1. The third kappa shape index (κ3) is 2.07. The molecular weight excluding hydrogens is 276 g/mol. The van der Waals surface area contributed by atoms with Crippen LogP contribution in [0.2, 0.25) is 5.02 Å². The van der Waals surface area contributed by atoms with Gasteiger partial charge in [0.2, 0.25) is 0 Å². The van der Waals surface area contributed by atoms with Crippen LogP contribution in [0.15, 0.2) is 18.2 Å². The van der Waals surface area contributed by atoms with Crippen molar-refractivity contribution in [2.24, 2.45) is 0 Å². The average Bonchev–Trinajstić information content (AvgIpc) is 2.75. The van der Waals surface area contributed by atoms with E-state index in [1.807, 2.05) is 0 Å². The summed E-state index contributed by atoms with van der Waals surface area (Å²) in [5.74, 6) is -1.14. The zero-order valence-electron chi connectivity index (χ0n) is 9.65. The Morgan fingerprint density at radius 2 is 1.83 bits per heavy atom. The molecule has 0 amide bonds. The van der Waals surface area contributed by atoms with Gasteiger partial charge in [-0.3, -0.25) is 0 Å². The largest absolute Gasteiger partial charge is 0.465 e. The van der Waals surface area contributed by atoms with E-state index < -0.39 is 11.9 Å². The number of methoxy groups -OCH3 is 2. The zero-order chi connectivity index (χ0) is 13.3. The van der Waals surface area contributed by atoms with Gasteiger partial charge in [-0.1, -0.05) is 11.6 Å². The molecule has 0 aliphatic rings. The van der Waals surface area contributed by atoms with Gasteiger partial charge in [0.1, 0.15) is 4.88 Å². The minimum Gasteiger partial charge on any atom is -0.465 e. The van der Waals surface area contributed by atoms with Crippen molar-refractivity contribution in [2.75, 3.05) is 14.2 Å². The van der Waals surface area contributed by atoms with E-state index in [4.69, 9.17) is 16.3 Å². The second-order valence-corrected chi connectivity index (χ2v) is 4.92. The SMILES string of the molecule is COC(=O)c1sc2ccc(Cl)cc2c1C(=O)OC. The lowest BCUT2D eigenvalue weighted by molar-refractivity contribution is 0.0561. The summed E-state index contributed by atoms with van der Waals surface area (Å²) in [6.45, 7) is 0. The van der Waals surface area contributed by atoms with Gasteiger partial charge in [0, 0.05) is 15.1 Å². The molecule has 0 saturated carbocycles. The van der Waals surface area contributed by atoms with E-state index in [1.54, 1.807) is 18.2 Å². The van der Waals surface area contributed by atoms with Crippen LogP contribution in [-0.4, -0.2) is 26.2 Å². The van der Waals surface area contributed by atoms with Crippen LogP contribution in [0.5, 0.6) is 0 Å². The number of thiophene rings is 1. The molecule has 2 aromatic rings. The first-order chi connectivity index (χ1) is 8.58. The van der Waals surface area contributed by atoms with Crippen LogP contribution < -0.4 is 0 Å². The van der Waals surface area contributed by atoms with Crippen LogP contribution in [-0.2, 0) is 9.47 Å². The van der Waals surface area contributed by atoms with Gasteiger partial charge in [0.05, 0.1) is 19.8 Å². The second-order valence-electron chi connectivity index (χ2n) is 3.43. The molecule has 0 spiro atoms. The first kappa shape index (κ1) is 12.9. The fourth-order valence-corrected chi connectivity index (χ4v) is 2.87. The molecule has 0 unspecified atom stereocenters. The number of halogens is 1. The highest BCUT2D eigenvalue weighted by Gasteiger charge is 2.24. The van der Waals surface area contributed by atoms with Crippen LogP contribution in [0.1, 0.15) is 20.0 Å². The number of carbonyl (C=O) groups is 2. The molecule has 4 nitrogen and oxygen atoms in total. The van der Waals surface area contributed by atoms with Crippen molar-refractivity contribution in [2.45, 2.75) is 0 Å². The molecule has 0 radical (unpaired) electrons. The Morgan fingerprint density at radius 3 is 2.44 bits per heavy atom. The lowest BCUT2D eigenvalue weighted by Crippen LogP contribution is -2.08. The predicted octanol–water partition coefficient (Wildman–Crippen LogP) is 3.13. The normalized spacial score (nSPS) is 10.4. The van der Waals surface area contributed by atoms with Crippen LogP contribution in [0.4, 0.5) is 0 Å². The summed E-state index contributed by atoms with van der Waals surface area (Å²) in [5.41, 5.74) is 0.201. The number of rotatable bonds is 2. The van der Waals surface area contributed by atoms with Crippen molar-refractivity contribution in [3.05, 3.63) is 33.7 Å². The number of carbonyl (C=O) groups excluding carboxylic acids is 2. The first-order valence-corrected chi connectivity index (χ1v) is 6.16. The molecule has 0 aliphatic heterocycles. The standard InChI is InChI=1S/C12H9ClO4S/c1-16-11(14)9-7-5-6(13)3-4-8(7)18-10(9)12(15)17-2/h3-5H,1-2H3. The van der Waals surface area contributed by atoms with Gasteiger partial charge in [-0.15, -0.1) is 11.3 Å². The van der Waals surface area contributed by atoms with Crippen molar-refractivity contribution in [1.82, 2.24) is 0 Å². The van der Waals surface area contributed by atoms with Crippen LogP contribution >= 0.6 is 22.9 Å². The Morgan fingerprint density at radius 1 is 1.17 bits per heavy atom. The van der Waals surface area contributed by atoms with E-state index in [1.165, 1.54) is 25.6 Å². The molecule has 0 atom stereocenters. The van der Waals surface area contributed by atoms with Crippen LogP contribution in [0, 0.1) is 0 Å². The number of fused-ring (bicyclic) bond motifs is 1. The smallest absolute Gasteiger partial charge is 0.348 e. The molecule has 0 aliphatic carbocycles. The molecule has 18 heavy (non-hydrogen) atoms. The molecule has 2 rings (SSSR count). The molecule has 94 valence electrons. The number of esters is 2. The van der Waals surface area contributed by atoms with Crippen molar-refractivity contribution in [3.63, 3.8) is 0 Å². The highest BCUT2D eigenvalue weighted by molar-refractivity contribution is 7.21. The zero-order valence-corrected chi connectivity index (χ0v) is 11.2. The average molecular weight is 285 g/mol. The highest BCUT2D eigenvalue weighted by Crippen LogP contribution is 2.34. The summed E-state index contributed by atoms with van der Waals surface area (Å²) in [5, 5.41) is 1.08. The van der Waals surface area contributed by atoms with Crippen LogP contribution in [0.3, 0.4) is 0 Å². The summed E-state index contributed by atoms with van der Waals surface area (Å²) in [6, 6.07) is 5.08. The monoisotopic (exact) mass is 284 g/mol. The topological polar surface area (TPSA) is 52.6 Å². The summed E-state index contributed by atoms with van der Waals surface area (Å²) in [6.07, 6.45) is 0. The summed E-state index contributed by atoms with van der Waals surface area (Å²) < 4.78 is 10.1. The Bertz CT molecular complexity index is 632. The first-order valence-electron chi connectivity index (χ1n) is 4.97. The predicted molar refractivity (Wildman–Crippen MR) is 69.5 cm³/mol. The molecule has 0 N–H and O–H groups in total. The van der Waals surface area contributed by atoms with Crippen LogP contribution in [0.25, 0.3) is 10.1 Å². The van der Waals surface area contributed by atoms with Crippen molar-refractivity contribution in [3.8, 4) is 0 Å². The van der Waals surface area contributed by atoms with Gasteiger partial charge in [-0.25, -0.2) is 9.59 Å². The van der Waals surface area contributed by atoms with Gasteiger partial charge in [0.15, 0.2) is 0 Å². The fraction of sp³-hybridized carbons (Fsp3) is 0.167. The van der Waals surface area contributed by atoms with E-state index >= 15 is 0 Å². The second kappa shape index (κ2) is 4.96. The molecule has 1 heterocycles. The molecular formula is C12H9ClO4S. The Kier molecular flexibility index (Phi) is 3.54. The molecule has 1 aromatic carbocycles. The van der Waals surface area contributed by atoms with Crippen molar-refractivity contribution >= 4 is 45.0 Å². The van der Waals surface area contributed by atoms with Gasteiger partial charge in [0.25, 0.3) is 0 Å². The van der Waals surface area contributed by atoms with E-state index in [2.05, 4.69) is 4.74 Å². The third-order valence-electron chi connectivity index (χ3n) is 2.41. The summed E-state index contributed by atoms with van der Waals surface area (Å²) in [4.78, 5) is 23.7. The Hall–Kier alpha value is -1.59. The van der Waals surface area contributed by atoms with Gasteiger partial charge in [-0.2, -0.15) is 0 Å². The van der Waals surface area contributed by atoms with Crippen molar-refractivity contribution in [1.29, 1.82) is 0 Å². The third-order valence-corrected chi connectivity index (χ3v) is 3.80. The molecule has 6 heteroatoms. The molecule has 1 aromatic heterocycles. The van der Waals surface area contributed by atoms with Crippen molar-refractivity contribution < 1.29 is 19.1 Å². The summed E-state index contributed by atoms with van der Waals surface area (Å²) in [7, 11) is 2.53. The minimum absolute atomic E-state index is 0.201. The molecule has 0 fully saturated rings. The highest BCUT2D eigenvalue weighted by atomic mass is 35.5. The number of ether oxygens (including phenoxy) is 2. The van der Waals surface area contributed by atoms with Gasteiger partial charge < -0.3 is 9.47 Å². The van der Waals surface area contributed by atoms with E-state index in [9.17, 15) is 9.59 Å². The van der Waals surface area contributed by atoms with Gasteiger partial charge >= 0.3 is 11.9 Å². The Labute approximate surface area is 112 Å². The maximum Gasteiger partial charge on any atom is 0.348 e. The lowest BCUT2D eigenvalue weighted by Gasteiger charge is -2.01. The molecule has 0 bridgehead atoms. The lowest BCUT2D eigenvalue weighted by atomic mass is 10.1. The summed E-state index contributed by atoms with van der Waals surface area (Å²) >= 11 is 7.07. The number of hydrogen-bond donors (Lipinski definition) is 0. The minimum atomic E-state index is -0.580. The fourth-order valence-electron chi connectivity index (χ4n) is 1.61. The molecule has 0 saturated heterocycles. The maximum atomic E-state index is 11.8. The quantitative estimate of drug-likeness (QED) is 0.795. The Balaban J connectivity index is 2.77.